The number of aliphatic carboxylic acids is 1. The van der Waals surface area contributed by atoms with Crippen LogP contribution >= 0.6 is 0 Å². The summed E-state index contributed by atoms with van der Waals surface area (Å²) in [5, 5.41) is 12.0. The third kappa shape index (κ3) is 3.66. The molecule has 2 amide bonds. The van der Waals surface area contributed by atoms with E-state index in [0.717, 1.165) is 5.56 Å². The van der Waals surface area contributed by atoms with Crippen LogP contribution in [0, 0.1) is 18.8 Å². The van der Waals surface area contributed by atoms with Gasteiger partial charge in [0.05, 0.1) is 24.6 Å². The quantitative estimate of drug-likeness (QED) is 0.834. The third-order valence-electron chi connectivity index (χ3n) is 5.25. The lowest BCUT2D eigenvalue weighted by Gasteiger charge is -2.20. The van der Waals surface area contributed by atoms with E-state index < -0.39 is 17.8 Å². The number of carbonyl (C=O) groups excluding carboxylic acids is 2. The Kier molecular flexibility index (Phi) is 5.15. The average molecular weight is 360 g/mol. The average Bonchev–Trinajstić information content (AvgIpc) is 3.21. The van der Waals surface area contributed by atoms with E-state index in [1.54, 1.807) is 12.0 Å². The molecule has 1 aromatic carbocycles. The van der Waals surface area contributed by atoms with Crippen LogP contribution in [0.15, 0.2) is 18.2 Å². The molecule has 1 aliphatic carbocycles. The van der Waals surface area contributed by atoms with Crippen molar-refractivity contribution in [3.05, 3.63) is 23.8 Å². The van der Waals surface area contributed by atoms with Crippen LogP contribution in [-0.2, 0) is 14.4 Å². The molecule has 26 heavy (non-hydrogen) atoms. The molecule has 3 atom stereocenters. The zero-order chi connectivity index (χ0) is 18.8. The van der Waals surface area contributed by atoms with E-state index in [0.29, 0.717) is 37.2 Å². The molecule has 2 fully saturated rings. The molecule has 1 aliphatic heterocycles. The van der Waals surface area contributed by atoms with Gasteiger partial charge in [-0.2, -0.15) is 0 Å². The van der Waals surface area contributed by atoms with Crippen LogP contribution < -0.4 is 15.0 Å². The normalized spacial score (nSPS) is 25.4. The van der Waals surface area contributed by atoms with Crippen molar-refractivity contribution in [1.29, 1.82) is 0 Å². The molecular formula is C19H24N2O5. The Morgan fingerprint density at radius 2 is 2.04 bits per heavy atom. The van der Waals surface area contributed by atoms with Crippen molar-refractivity contribution in [2.45, 2.75) is 38.6 Å². The van der Waals surface area contributed by atoms with Gasteiger partial charge in [0.2, 0.25) is 11.8 Å². The molecule has 1 unspecified atom stereocenters. The van der Waals surface area contributed by atoms with Gasteiger partial charge in [-0.1, -0.05) is 6.07 Å². The number of nitrogens with zero attached hydrogens (tertiary/aromatic N) is 1. The van der Waals surface area contributed by atoms with Crippen molar-refractivity contribution >= 4 is 23.5 Å². The molecule has 0 bridgehead atoms. The van der Waals surface area contributed by atoms with Crippen LogP contribution in [0.1, 0.15) is 31.2 Å². The van der Waals surface area contributed by atoms with Crippen molar-refractivity contribution in [3.63, 3.8) is 0 Å². The summed E-state index contributed by atoms with van der Waals surface area (Å²) in [6, 6.07) is 5.48. The Bertz CT molecular complexity index is 733. The fraction of sp³-hybridized carbons (Fsp3) is 0.526. The van der Waals surface area contributed by atoms with Crippen LogP contribution in [0.2, 0.25) is 0 Å². The molecule has 1 aromatic rings. The molecule has 2 N–H and O–H groups in total. The Morgan fingerprint density at radius 1 is 1.27 bits per heavy atom. The van der Waals surface area contributed by atoms with Gasteiger partial charge in [0.25, 0.3) is 0 Å². The molecule has 0 spiro atoms. The van der Waals surface area contributed by atoms with E-state index >= 15 is 0 Å². The van der Waals surface area contributed by atoms with Crippen LogP contribution in [0.5, 0.6) is 5.75 Å². The monoisotopic (exact) mass is 360 g/mol. The van der Waals surface area contributed by atoms with Crippen LogP contribution in [0.4, 0.5) is 5.69 Å². The SMILES string of the molecule is COc1ccc(C)cc1N1CC(C(=O)N[C@@H]2CC[C@H](C(=O)O)C2)CC1=O. The first-order valence-electron chi connectivity index (χ1n) is 8.87. The highest BCUT2D eigenvalue weighted by Gasteiger charge is 2.38. The fourth-order valence-corrected chi connectivity index (χ4v) is 3.78. The first-order chi connectivity index (χ1) is 12.4. The standard InChI is InChI=1S/C19H24N2O5/c1-11-3-6-16(26-2)15(7-11)21-10-13(9-17(21)22)18(23)20-14-5-4-12(8-14)19(24)25/h3,6-7,12-14H,4-5,8-10H2,1-2H3,(H,20,23)(H,24,25)/t12-,13?,14+/m0/s1. The lowest BCUT2D eigenvalue weighted by molar-refractivity contribution is -0.141. The lowest BCUT2D eigenvalue weighted by Crippen LogP contribution is -2.39. The first kappa shape index (κ1) is 18.2. The summed E-state index contributed by atoms with van der Waals surface area (Å²) in [7, 11) is 1.55. The van der Waals surface area contributed by atoms with Crippen LogP contribution in [0.25, 0.3) is 0 Å². The maximum atomic E-state index is 12.6. The number of aryl methyl sites for hydroxylation is 1. The van der Waals surface area contributed by atoms with E-state index in [9.17, 15) is 14.4 Å². The van der Waals surface area contributed by atoms with Crippen LogP contribution in [0.3, 0.4) is 0 Å². The number of rotatable bonds is 5. The lowest BCUT2D eigenvalue weighted by atomic mass is 10.1. The number of benzene rings is 1. The van der Waals surface area contributed by atoms with Gasteiger partial charge in [0.15, 0.2) is 0 Å². The van der Waals surface area contributed by atoms with Crippen molar-refractivity contribution in [2.24, 2.45) is 11.8 Å². The minimum Gasteiger partial charge on any atom is -0.495 e. The number of carboxylic acid groups (broad SMARTS) is 1. The molecule has 3 rings (SSSR count). The minimum atomic E-state index is -0.810. The van der Waals surface area contributed by atoms with Gasteiger partial charge < -0.3 is 20.1 Å². The number of hydrogen-bond acceptors (Lipinski definition) is 4. The minimum absolute atomic E-state index is 0.108. The molecule has 1 heterocycles. The van der Waals surface area contributed by atoms with E-state index in [-0.39, 0.29) is 24.3 Å². The number of anilines is 1. The summed E-state index contributed by atoms with van der Waals surface area (Å²) >= 11 is 0. The number of amides is 2. The maximum absolute atomic E-state index is 12.6. The van der Waals surface area contributed by atoms with E-state index in [2.05, 4.69) is 5.32 Å². The Hall–Kier alpha value is -2.57. The van der Waals surface area contributed by atoms with Gasteiger partial charge in [-0.05, 0) is 43.9 Å². The predicted octanol–water partition coefficient (Wildman–Crippen LogP) is 1.73. The summed E-state index contributed by atoms with van der Waals surface area (Å²) in [6.45, 7) is 2.24. The first-order valence-corrected chi connectivity index (χ1v) is 8.87. The second-order valence-corrected chi connectivity index (χ2v) is 7.13. The molecular weight excluding hydrogens is 336 g/mol. The highest BCUT2D eigenvalue weighted by Crippen LogP contribution is 2.34. The Balaban J connectivity index is 1.65. The van der Waals surface area contributed by atoms with Crippen molar-refractivity contribution in [2.75, 3.05) is 18.6 Å². The largest absolute Gasteiger partial charge is 0.495 e. The molecule has 0 radical (unpaired) electrons. The third-order valence-corrected chi connectivity index (χ3v) is 5.25. The van der Waals surface area contributed by atoms with Gasteiger partial charge in [-0.15, -0.1) is 0 Å². The summed E-state index contributed by atoms with van der Waals surface area (Å²) in [4.78, 5) is 37.7. The molecule has 2 aliphatic rings. The number of hydrogen-bond donors (Lipinski definition) is 2. The highest BCUT2D eigenvalue weighted by molar-refractivity contribution is 6.01. The second-order valence-electron chi connectivity index (χ2n) is 7.13. The predicted molar refractivity (Wildman–Crippen MR) is 95.1 cm³/mol. The van der Waals surface area contributed by atoms with Gasteiger partial charge in [-0.25, -0.2) is 0 Å². The second kappa shape index (κ2) is 7.35. The molecule has 1 saturated carbocycles. The molecule has 140 valence electrons. The zero-order valence-corrected chi connectivity index (χ0v) is 15.0. The molecule has 7 nitrogen and oxygen atoms in total. The van der Waals surface area contributed by atoms with Crippen molar-refractivity contribution in [3.8, 4) is 5.75 Å². The topological polar surface area (TPSA) is 95.9 Å². The van der Waals surface area contributed by atoms with Crippen LogP contribution in [-0.4, -0.2) is 42.6 Å². The number of methoxy groups -OCH3 is 1. The summed E-state index contributed by atoms with van der Waals surface area (Å²) in [5.74, 6) is -1.32. The smallest absolute Gasteiger partial charge is 0.306 e. The summed E-state index contributed by atoms with van der Waals surface area (Å²) in [5.41, 5.74) is 1.69. The summed E-state index contributed by atoms with van der Waals surface area (Å²) < 4.78 is 5.35. The zero-order valence-electron chi connectivity index (χ0n) is 15.0. The highest BCUT2D eigenvalue weighted by atomic mass is 16.5. The number of carboxylic acids is 1. The van der Waals surface area contributed by atoms with E-state index in [1.807, 2.05) is 25.1 Å². The van der Waals surface area contributed by atoms with E-state index in [4.69, 9.17) is 9.84 Å². The number of ether oxygens (including phenoxy) is 1. The van der Waals surface area contributed by atoms with Gasteiger partial charge in [0, 0.05) is 19.0 Å². The van der Waals surface area contributed by atoms with Gasteiger partial charge >= 0.3 is 5.97 Å². The maximum Gasteiger partial charge on any atom is 0.306 e. The molecule has 7 heteroatoms. The molecule has 0 aromatic heterocycles. The Morgan fingerprint density at radius 3 is 2.69 bits per heavy atom. The fourth-order valence-electron chi connectivity index (χ4n) is 3.78. The molecule has 1 saturated heterocycles. The van der Waals surface area contributed by atoms with Crippen molar-refractivity contribution < 1.29 is 24.2 Å². The van der Waals surface area contributed by atoms with Gasteiger partial charge in [-0.3, -0.25) is 14.4 Å². The summed E-state index contributed by atoms with van der Waals surface area (Å²) in [6.07, 6.45) is 1.85. The number of nitrogens with one attached hydrogen (secondary N) is 1. The van der Waals surface area contributed by atoms with Gasteiger partial charge in [0.1, 0.15) is 5.75 Å². The Labute approximate surface area is 152 Å². The van der Waals surface area contributed by atoms with E-state index in [1.165, 1.54) is 0 Å². The number of carbonyl (C=O) groups is 3. The van der Waals surface area contributed by atoms with Crippen molar-refractivity contribution in [1.82, 2.24) is 5.32 Å².